The molecular formula is C63H65BBrN11O8. The van der Waals surface area contributed by atoms with Gasteiger partial charge in [-0.2, -0.15) is 20.5 Å². The van der Waals surface area contributed by atoms with E-state index in [0.717, 1.165) is 64.3 Å². The number of hydrogen-bond donors (Lipinski definition) is 6. The lowest BCUT2D eigenvalue weighted by molar-refractivity contribution is 0.259. The van der Waals surface area contributed by atoms with Crippen molar-refractivity contribution in [2.45, 2.75) is 25.8 Å². The van der Waals surface area contributed by atoms with Crippen molar-refractivity contribution in [3.63, 3.8) is 0 Å². The number of ether oxygens (including phenoxy) is 4. The Morgan fingerprint density at radius 3 is 1.32 bits per heavy atom. The van der Waals surface area contributed by atoms with Crippen LogP contribution in [0.4, 0.5) is 5.69 Å². The smallest absolute Gasteiger partial charge is 0.488 e. The average Bonchev–Trinajstić information content (AvgIpc) is 4.29. The molecule has 10 aromatic rings. The molecule has 8 aromatic carbocycles. The van der Waals surface area contributed by atoms with Crippen molar-refractivity contribution in [2.24, 2.45) is 0 Å². The molecule has 0 spiro atoms. The number of H-pyrrole nitrogens is 1. The van der Waals surface area contributed by atoms with Gasteiger partial charge in [-0.1, -0.05) is 143 Å². The normalized spacial score (nSPS) is 9.85. The maximum absolute atomic E-state index is 9.01. The third kappa shape index (κ3) is 21.6. The number of benzene rings is 8. The molecule has 19 nitrogen and oxygen atoms in total. The Bertz CT molecular complexity index is 3540. The zero-order chi connectivity index (χ0) is 60.3. The van der Waals surface area contributed by atoms with Gasteiger partial charge in [0.2, 0.25) is 11.6 Å². The largest absolute Gasteiger partial charge is 0.497 e. The topological polar surface area (TPSA) is 290 Å². The average molecular weight is 1190 g/mol. The predicted molar refractivity (Wildman–Crippen MR) is 328 cm³/mol. The van der Waals surface area contributed by atoms with Crippen molar-refractivity contribution in [2.75, 3.05) is 52.7 Å². The van der Waals surface area contributed by atoms with Crippen molar-refractivity contribution >= 4 is 34.2 Å². The number of alkyl halides is 1. The van der Waals surface area contributed by atoms with Crippen molar-refractivity contribution in [3.05, 3.63) is 239 Å². The molecule has 0 bridgehead atoms. The van der Waals surface area contributed by atoms with E-state index >= 15 is 0 Å². The minimum atomic E-state index is -1.40. The Balaban J connectivity index is 0.000000195. The van der Waals surface area contributed by atoms with E-state index in [4.69, 9.17) is 55.5 Å². The summed E-state index contributed by atoms with van der Waals surface area (Å²) >= 11 is 3.00. The first-order chi connectivity index (χ1) is 41.0. The lowest BCUT2D eigenvalue weighted by Gasteiger charge is -2.07. The standard InChI is InChI=1S/C17H18N4O2.C15H14N4O.C15H13NO.C7H9BO3.C7H6N2.C2H5BrO/c1-23-15-8-6-13(7-9-15)12-14-4-2-3-5-16(14)17-18-20-21(19-17)10-11-22;1-20-13-8-6-11(7-9-13)10-12-4-2-3-5-14(12)15-16-18-19-17-15;1-17-15-8-6-12(7-9-15)10-13-4-2-3-5-14(13)11-16;1-11-7-4-2-6(3-5-7)8(9)10;8-5-6-3-1-2-4-7(6)9;3-1-2-4/h2-9,22H,10-12H2,1H3;2-9H,10H2,1H3,(H,16,17,18,19);2-9H,10H2,1H3;2-5,9-10H,1H3;1-4H,9H2;4H,1-2H2. The number of aromatic amines is 1. The van der Waals surface area contributed by atoms with Gasteiger partial charge in [-0.3, -0.25) is 0 Å². The monoisotopic (exact) mass is 1190 g/mol. The number of tetrazole rings is 2. The number of aliphatic hydroxyl groups is 2. The van der Waals surface area contributed by atoms with Crippen LogP contribution in [-0.2, 0) is 25.8 Å². The summed E-state index contributed by atoms with van der Waals surface area (Å²) in [5, 5.41) is 78.8. The van der Waals surface area contributed by atoms with Crippen molar-refractivity contribution in [1.82, 2.24) is 40.8 Å². The van der Waals surface area contributed by atoms with Crippen LogP contribution in [0.2, 0.25) is 0 Å². The molecule has 84 heavy (non-hydrogen) atoms. The first-order valence-corrected chi connectivity index (χ1v) is 27.2. The molecule has 0 aliphatic heterocycles. The Hall–Kier alpha value is -9.74. The van der Waals surface area contributed by atoms with E-state index in [0.29, 0.717) is 46.0 Å². The highest BCUT2D eigenvalue weighted by Gasteiger charge is 2.13. The first-order valence-electron chi connectivity index (χ1n) is 26.1. The molecule has 21 heteroatoms. The molecule has 430 valence electrons. The number of rotatable bonds is 16. The number of halogens is 1. The van der Waals surface area contributed by atoms with E-state index in [1.54, 1.807) is 77.0 Å². The third-order valence-electron chi connectivity index (χ3n) is 12.0. The molecule has 7 N–H and O–H groups in total. The van der Waals surface area contributed by atoms with E-state index in [-0.39, 0.29) is 13.2 Å². The molecular weight excluding hydrogens is 1130 g/mol. The summed E-state index contributed by atoms with van der Waals surface area (Å²) in [5.41, 5.74) is 16.6. The van der Waals surface area contributed by atoms with E-state index in [1.165, 1.54) is 27.1 Å². The highest BCUT2D eigenvalue weighted by molar-refractivity contribution is 9.09. The number of nitrogens with one attached hydrogen (secondary N) is 1. The fourth-order valence-corrected chi connectivity index (χ4v) is 7.64. The Kier molecular flexibility index (Phi) is 28.3. The SMILES string of the molecule is COc1ccc(B(O)O)cc1.COc1ccc(Cc2ccccc2-c2nn[nH]n2)cc1.COc1ccc(Cc2ccccc2-c2nnn(CCO)n2)cc1.COc1ccc(Cc2ccccc2C#N)cc1.N#Cc1ccccc1N.OCCBr. The fourth-order valence-electron chi connectivity index (χ4n) is 7.64. The van der Waals surface area contributed by atoms with Crippen LogP contribution in [0.15, 0.2) is 194 Å². The van der Waals surface area contributed by atoms with Crippen LogP contribution < -0.4 is 30.1 Å². The molecule has 0 radical (unpaired) electrons. The van der Waals surface area contributed by atoms with E-state index in [9.17, 15) is 0 Å². The predicted octanol–water partition coefficient (Wildman–Crippen LogP) is 8.44. The number of aliphatic hydroxyl groups excluding tert-OH is 2. The summed E-state index contributed by atoms with van der Waals surface area (Å²) < 4.78 is 20.4. The Morgan fingerprint density at radius 1 is 0.524 bits per heavy atom. The number of nitriles is 2. The second-order valence-electron chi connectivity index (χ2n) is 17.6. The number of nitrogens with two attached hydrogens (primary N) is 1. The summed E-state index contributed by atoms with van der Waals surface area (Å²) in [4.78, 5) is 1.40. The number of anilines is 1. The van der Waals surface area contributed by atoms with Crippen LogP contribution in [-0.4, -0.2) is 115 Å². The maximum atomic E-state index is 9.01. The van der Waals surface area contributed by atoms with Gasteiger partial charge in [0.25, 0.3) is 0 Å². The molecule has 0 fully saturated rings. The van der Waals surface area contributed by atoms with Gasteiger partial charge in [0, 0.05) is 22.1 Å². The van der Waals surface area contributed by atoms with Gasteiger partial charge in [0.05, 0.1) is 65.4 Å². The van der Waals surface area contributed by atoms with Gasteiger partial charge in [0.1, 0.15) is 29.1 Å². The summed E-state index contributed by atoms with van der Waals surface area (Å²) in [6.45, 7) is 0.566. The molecule has 10 rings (SSSR count). The van der Waals surface area contributed by atoms with Crippen molar-refractivity contribution < 1.29 is 39.2 Å². The molecule has 0 amide bonds. The molecule has 0 atom stereocenters. The van der Waals surface area contributed by atoms with E-state index in [1.807, 2.05) is 127 Å². The van der Waals surface area contributed by atoms with Gasteiger partial charge in [-0.15, -0.1) is 20.4 Å². The van der Waals surface area contributed by atoms with E-state index < -0.39 is 7.12 Å². The van der Waals surface area contributed by atoms with Gasteiger partial charge < -0.3 is 44.9 Å². The molecule has 0 unspecified atom stereocenters. The summed E-state index contributed by atoms with van der Waals surface area (Å²) in [7, 11) is 5.14. The van der Waals surface area contributed by atoms with Gasteiger partial charge in [-0.05, 0) is 135 Å². The van der Waals surface area contributed by atoms with Crippen LogP contribution in [0.3, 0.4) is 0 Å². The third-order valence-corrected chi connectivity index (χ3v) is 12.3. The highest BCUT2D eigenvalue weighted by Crippen LogP contribution is 2.25. The van der Waals surface area contributed by atoms with Crippen LogP contribution >= 0.6 is 15.9 Å². The second kappa shape index (κ2) is 36.6. The maximum Gasteiger partial charge on any atom is 0.488 e. The first kappa shape index (κ1) is 65.1. The number of para-hydroxylation sites is 1. The van der Waals surface area contributed by atoms with Gasteiger partial charge in [0.15, 0.2) is 0 Å². The van der Waals surface area contributed by atoms with Crippen LogP contribution in [0.5, 0.6) is 23.0 Å². The molecule has 2 heterocycles. The lowest BCUT2D eigenvalue weighted by atomic mass is 9.80. The zero-order valence-electron chi connectivity index (χ0n) is 46.9. The van der Waals surface area contributed by atoms with Crippen LogP contribution in [0.25, 0.3) is 22.8 Å². The minimum Gasteiger partial charge on any atom is -0.497 e. The van der Waals surface area contributed by atoms with Crippen molar-refractivity contribution in [1.29, 1.82) is 10.5 Å². The number of hydrogen-bond acceptors (Lipinski definition) is 17. The molecule has 0 saturated heterocycles. The minimum absolute atomic E-state index is 0.0106. The summed E-state index contributed by atoms with van der Waals surface area (Å²) in [5.74, 6) is 4.45. The van der Waals surface area contributed by atoms with Gasteiger partial charge >= 0.3 is 7.12 Å². The lowest BCUT2D eigenvalue weighted by Crippen LogP contribution is -2.29. The number of aromatic nitrogens is 8. The van der Waals surface area contributed by atoms with Crippen LogP contribution in [0.1, 0.15) is 44.5 Å². The second-order valence-corrected chi connectivity index (χ2v) is 18.4. The molecule has 0 aliphatic carbocycles. The quantitative estimate of drug-likeness (QED) is 0.0300. The molecule has 0 saturated carbocycles. The summed E-state index contributed by atoms with van der Waals surface area (Å²) in [6, 6.07) is 65.4. The number of nitrogen functional groups attached to an aromatic ring is 1. The summed E-state index contributed by atoms with van der Waals surface area (Å²) in [6.07, 6.45) is 2.36. The van der Waals surface area contributed by atoms with E-state index in [2.05, 4.69) is 82.3 Å². The zero-order valence-corrected chi connectivity index (χ0v) is 48.5. The number of methoxy groups -OCH3 is 4. The highest BCUT2D eigenvalue weighted by atomic mass is 79.9. The van der Waals surface area contributed by atoms with Crippen molar-refractivity contribution in [3.8, 4) is 57.9 Å². The fraction of sp³-hybridized carbons (Fsp3) is 0.175. The molecule has 2 aromatic heterocycles. The van der Waals surface area contributed by atoms with Crippen LogP contribution in [0, 0.1) is 22.7 Å². The van der Waals surface area contributed by atoms with Gasteiger partial charge in [-0.25, -0.2) is 0 Å². The Labute approximate surface area is 497 Å². The Morgan fingerprint density at radius 2 is 0.929 bits per heavy atom. The molecule has 0 aliphatic rings. The number of nitrogens with zero attached hydrogens (tertiary/aromatic N) is 9.